The summed E-state index contributed by atoms with van der Waals surface area (Å²) in [6.45, 7) is 0.662. The molecular weight excluding hydrogens is 324 g/mol. The number of carboxylic acid groups (broad SMARTS) is 1. The van der Waals surface area contributed by atoms with E-state index in [1.165, 1.54) is 4.90 Å². The molecule has 5 nitrogen and oxygen atoms in total. The maximum absolute atomic E-state index is 12.0. The van der Waals surface area contributed by atoms with Gasteiger partial charge in [0.25, 0.3) is 0 Å². The zero-order chi connectivity index (χ0) is 14.8. The third kappa shape index (κ3) is 3.30. The fourth-order valence-corrected chi connectivity index (χ4v) is 2.36. The Kier molecular flexibility index (Phi) is 4.32. The quantitative estimate of drug-likeness (QED) is 0.864. The Hall–Kier alpha value is -1.56. The lowest BCUT2D eigenvalue weighted by molar-refractivity contribution is -0.143. The Bertz CT molecular complexity index is 529. The van der Waals surface area contributed by atoms with Gasteiger partial charge in [0.15, 0.2) is 0 Å². The van der Waals surface area contributed by atoms with Gasteiger partial charge in [-0.1, -0.05) is 34.1 Å². The average molecular weight is 341 g/mol. The number of hydrogen-bond donors (Lipinski definition) is 2. The van der Waals surface area contributed by atoms with Crippen LogP contribution in [-0.2, 0) is 11.3 Å². The number of nitrogens with one attached hydrogen (secondary N) is 1. The second kappa shape index (κ2) is 5.83. The van der Waals surface area contributed by atoms with E-state index in [1.54, 1.807) is 7.05 Å². The highest BCUT2D eigenvalue weighted by molar-refractivity contribution is 9.10. The van der Waals surface area contributed by atoms with Gasteiger partial charge >= 0.3 is 12.0 Å². The lowest BCUT2D eigenvalue weighted by Crippen LogP contribution is -2.41. The molecule has 0 radical (unpaired) electrons. The van der Waals surface area contributed by atoms with Crippen LogP contribution in [0.25, 0.3) is 0 Å². The molecule has 0 unspecified atom stereocenters. The fraction of sp³-hybridized carbons (Fsp3) is 0.429. The molecule has 0 bridgehead atoms. The third-order valence-corrected chi connectivity index (χ3v) is 4.37. The molecule has 20 heavy (non-hydrogen) atoms. The van der Waals surface area contributed by atoms with E-state index < -0.39 is 11.4 Å². The van der Waals surface area contributed by atoms with Crippen molar-refractivity contribution >= 4 is 27.9 Å². The molecule has 2 N–H and O–H groups in total. The van der Waals surface area contributed by atoms with Crippen LogP contribution in [0.2, 0.25) is 0 Å². The van der Waals surface area contributed by atoms with Crippen LogP contribution in [0.1, 0.15) is 18.4 Å². The number of benzene rings is 1. The number of nitrogens with zero attached hydrogens (tertiary/aromatic N) is 1. The van der Waals surface area contributed by atoms with Crippen LogP contribution >= 0.6 is 15.9 Å². The van der Waals surface area contributed by atoms with E-state index in [0.29, 0.717) is 19.4 Å². The van der Waals surface area contributed by atoms with Crippen molar-refractivity contribution in [3.63, 3.8) is 0 Å². The number of rotatable bonds is 5. The topological polar surface area (TPSA) is 69.6 Å². The van der Waals surface area contributed by atoms with Crippen LogP contribution in [0.3, 0.4) is 0 Å². The first-order valence-corrected chi connectivity index (χ1v) is 7.20. The Morgan fingerprint density at radius 3 is 2.60 bits per heavy atom. The first-order valence-electron chi connectivity index (χ1n) is 6.40. The number of aliphatic carboxylic acids is 1. The van der Waals surface area contributed by atoms with E-state index in [4.69, 9.17) is 5.11 Å². The second-order valence-corrected chi connectivity index (χ2v) is 6.05. The van der Waals surface area contributed by atoms with Gasteiger partial charge in [-0.05, 0) is 24.5 Å². The van der Waals surface area contributed by atoms with E-state index in [-0.39, 0.29) is 12.6 Å². The number of hydrogen-bond acceptors (Lipinski definition) is 2. The van der Waals surface area contributed by atoms with Gasteiger partial charge in [-0.15, -0.1) is 0 Å². The minimum atomic E-state index is -0.828. The molecule has 108 valence electrons. The van der Waals surface area contributed by atoms with Crippen molar-refractivity contribution in [1.29, 1.82) is 0 Å². The molecule has 0 heterocycles. The van der Waals surface area contributed by atoms with Gasteiger partial charge in [-0.3, -0.25) is 4.79 Å². The lowest BCUT2D eigenvalue weighted by atomic mass is 10.1. The average Bonchev–Trinajstić information content (AvgIpc) is 3.20. The van der Waals surface area contributed by atoms with Gasteiger partial charge in [0.1, 0.15) is 0 Å². The molecule has 1 fully saturated rings. The molecule has 1 aromatic carbocycles. The summed E-state index contributed by atoms with van der Waals surface area (Å²) in [6, 6.07) is 7.43. The number of amides is 2. The summed E-state index contributed by atoms with van der Waals surface area (Å²) in [6.07, 6.45) is 1.27. The molecule has 0 aliphatic heterocycles. The highest BCUT2D eigenvalue weighted by atomic mass is 79.9. The van der Waals surface area contributed by atoms with Gasteiger partial charge in [-0.25, -0.2) is 4.79 Å². The van der Waals surface area contributed by atoms with Crippen molar-refractivity contribution in [3.05, 3.63) is 34.3 Å². The highest BCUT2D eigenvalue weighted by Gasteiger charge is 2.50. The van der Waals surface area contributed by atoms with Crippen LogP contribution < -0.4 is 5.32 Å². The summed E-state index contributed by atoms with van der Waals surface area (Å²) < 4.78 is 0.948. The van der Waals surface area contributed by atoms with Gasteiger partial charge in [0.2, 0.25) is 0 Å². The maximum Gasteiger partial charge on any atom is 0.317 e. The van der Waals surface area contributed by atoms with Crippen LogP contribution in [0.5, 0.6) is 0 Å². The largest absolute Gasteiger partial charge is 0.481 e. The summed E-state index contributed by atoms with van der Waals surface area (Å²) in [5.41, 5.74) is 0.272. The Balaban J connectivity index is 1.87. The zero-order valence-electron chi connectivity index (χ0n) is 11.2. The number of carbonyl (C=O) groups excluding carboxylic acids is 1. The van der Waals surface area contributed by atoms with E-state index in [0.717, 1.165) is 10.0 Å². The Morgan fingerprint density at radius 2 is 2.05 bits per heavy atom. The van der Waals surface area contributed by atoms with Crippen LogP contribution in [0.15, 0.2) is 28.7 Å². The lowest BCUT2D eigenvalue weighted by Gasteiger charge is -2.20. The minimum absolute atomic E-state index is 0.196. The predicted octanol–water partition coefficient (Wildman–Crippen LogP) is 2.46. The molecule has 0 atom stereocenters. The summed E-state index contributed by atoms with van der Waals surface area (Å²) in [4.78, 5) is 24.5. The van der Waals surface area contributed by atoms with Gasteiger partial charge < -0.3 is 15.3 Å². The van der Waals surface area contributed by atoms with E-state index in [1.807, 2.05) is 24.3 Å². The summed E-state index contributed by atoms with van der Waals surface area (Å²) in [5, 5.41) is 11.8. The number of urea groups is 1. The fourth-order valence-electron chi connectivity index (χ4n) is 1.95. The smallest absolute Gasteiger partial charge is 0.317 e. The van der Waals surface area contributed by atoms with Gasteiger partial charge in [-0.2, -0.15) is 0 Å². The first kappa shape index (κ1) is 14.8. The van der Waals surface area contributed by atoms with Crippen LogP contribution in [-0.4, -0.2) is 35.6 Å². The number of halogens is 1. The molecule has 1 aliphatic rings. The normalized spacial score (nSPS) is 15.5. The molecule has 0 spiro atoms. The highest BCUT2D eigenvalue weighted by Crippen LogP contribution is 2.45. The Morgan fingerprint density at radius 1 is 1.40 bits per heavy atom. The van der Waals surface area contributed by atoms with Crippen LogP contribution in [0, 0.1) is 5.41 Å². The predicted molar refractivity (Wildman–Crippen MR) is 78.3 cm³/mol. The molecule has 6 heteroatoms. The van der Waals surface area contributed by atoms with Gasteiger partial charge in [0, 0.05) is 24.6 Å². The Labute approximate surface area is 126 Å². The monoisotopic (exact) mass is 340 g/mol. The van der Waals surface area contributed by atoms with Crippen molar-refractivity contribution in [3.8, 4) is 0 Å². The molecule has 0 aromatic heterocycles. The summed E-state index contributed by atoms with van der Waals surface area (Å²) in [7, 11) is 1.69. The van der Waals surface area contributed by atoms with Crippen molar-refractivity contribution in [2.45, 2.75) is 19.4 Å². The van der Waals surface area contributed by atoms with Crippen molar-refractivity contribution in [2.75, 3.05) is 13.6 Å². The molecule has 0 saturated heterocycles. The molecule has 2 amide bonds. The SMILES string of the molecule is CN(Cc1ccccc1Br)C(=O)NCC1(C(=O)O)CC1. The molecule has 1 saturated carbocycles. The second-order valence-electron chi connectivity index (χ2n) is 5.19. The van der Waals surface area contributed by atoms with Crippen LogP contribution in [0.4, 0.5) is 4.79 Å². The number of carboxylic acids is 1. The van der Waals surface area contributed by atoms with Crippen molar-refractivity contribution in [2.24, 2.45) is 5.41 Å². The first-order chi connectivity index (χ1) is 9.44. The van der Waals surface area contributed by atoms with Gasteiger partial charge in [0.05, 0.1) is 5.41 Å². The maximum atomic E-state index is 12.0. The van der Waals surface area contributed by atoms with Crippen molar-refractivity contribution < 1.29 is 14.7 Å². The summed E-state index contributed by atoms with van der Waals surface area (Å²) in [5.74, 6) is -0.828. The zero-order valence-corrected chi connectivity index (χ0v) is 12.8. The van der Waals surface area contributed by atoms with Crippen molar-refractivity contribution in [1.82, 2.24) is 10.2 Å². The molecule has 1 aromatic rings. The molecule has 1 aliphatic carbocycles. The van der Waals surface area contributed by atoms with E-state index >= 15 is 0 Å². The third-order valence-electron chi connectivity index (χ3n) is 3.60. The van der Waals surface area contributed by atoms with E-state index in [9.17, 15) is 9.59 Å². The standard InChI is InChI=1S/C14H17BrN2O3/c1-17(8-10-4-2-3-5-11(10)15)13(20)16-9-14(6-7-14)12(18)19/h2-5H,6-9H2,1H3,(H,16,20)(H,18,19). The minimum Gasteiger partial charge on any atom is -0.481 e. The van der Waals surface area contributed by atoms with E-state index in [2.05, 4.69) is 21.2 Å². The summed E-state index contributed by atoms with van der Waals surface area (Å²) >= 11 is 3.44. The molecule has 2 rings (SSSR count). The molecular formula is C14H17BrN2O3. The number of carbonyl (C=O) groups is 2.